The second kappa shape index (κ2) is 7.93. The van der Waals surface area contributed by atoms with Crippen LogP contribution in [0.15, 0.2) is 35.2 Å². The molecule has 1 aliphatic heterocycles. The lowest BCUT2D eigenvalue weighted by atomic mass is 10.1. The van der Waals surface area contributed by atoms with Crippen molar-refractivity contribution in [3.8, 4) is 0 Å². The minimum Gasteiger partial charge on any atom is -0.462 e. The maximum atomic E-state index is 12.7. The molecule has 1 aliphatic rings. The quantitative estimate of drug-likeness (QED) is 0.435. The number of hydrogen-bond donors (Lipinski definition) is 0. The minimum absolute atomic E-state index is 0.105. The van der Waals surface area contributed by atoms with Gasteiger partial charge in [-0.15, -0.1) is 16.4 Å². The van der Waals surface area contributed by atoms with Gasteiger partial charge >= 0.3 is 5.97 Å². The fourth-order valence-electron chi connectivity index (χ4n) is 2.68. The number of Topliss-reactive ketones (excluding diaryl/α,β-unsaturated/α-hetero) is 1. The van der Waals surface area contributed by atoms with Gasteiger partial charge in [-0.2, -0.15) is 0 Å². The summed E-state index contributed by atoms with van der Waals surface area (Å²) < 4.78 is 11.1. The van der Waals surface area contributed by atoms with Gasteiger partial charge in [0.1, 0.15) is 5.01 Å². The molecule has 0 atom stereocenters. The Hall–Kier alpha value is -3.00. The number of carbonyl (C=O) groups excluding carboxylic acids is 2. The van der Waals surface area contributed by atoms with Gasteiger partial charge in [0.25, 0.3) is 0 Å². The van der Waals surface area contributed by atoms with Gasteiger partial charge in [0.05, 0.1) is 17.2 Å². The van der Waals surface area contributed by atoms with E-state index < -0.39 is 5.97 Å². The standard InChI is InChI=1S/C20H21N3O4S/c1-6-26-20(25)15(18-21-12(3)16(28-18)13(4)24)19-23(5)22-17(27-19)14-9-7-11(2)8-10-14/h7-10H,6H2,1-5H3/b19-15-. The summed E-state index contributed by atoms with van der Waals surface area (Å²) in [5, 5.41) is 6.24. The fourth-order valence-corrected chi connectivity index (χ4v) is 3.67. The van der Waals surface area contributed by atoms with E-state index in [-0.39, 0.29) is 23.8 Å². The van der Waals surface area contributed by atoms with E-state index in [1.807, 2.05) is 31.2 Å². The van der Waals surface area contributed by atoms with Crippen molar-refractivity contribution in [1.82, 2.24) is 9.99 Å². The van der Waals surface area contributed by atoms with Crippen molar-refractivity contribution in [2.75, 3.05) is 13.7 Å². The maximum absolute atomic E-state index is 12.7. The normalized spacial score (nSPS) is 15.2. The predicted octanol–water partition coefficient (Wildman–Crippen LogP) is 3.52. The van der Waals surface area contributed by atoms with E-state index in [1.165, 1.54) is 11.9 Å². The van der Waals surface area contributed by atoms with Crippen LogP contribution in [0.5, 0.6) is 0 Å². The highest BCUT2D eigenvalue weighted by molar-refractivity contribution is 7.15. The lowest BCUT2D eigenvalue weighted by Crippen LogP contribution is -2.16. The van der Waals surface area contributed by atoms with Gasteiger partial charge < -0.3 is 9.47 Å². The zero-order valence-corrected chi connectivity index (χ0v) is 17.2. The number of carbonyl (C=O) groups is 2. The van der Waals surface area contributed by atoms with E-state index >= 15 is 0 Å². The van der Waals surface area contributed by atoms with E-state index in [4.69, 9.17) is 9.47 Å². The van der Waals surface area contributed by atoms with Crippen LogP contribution in [0.2, 0.25) is 0 Å². The lowest BCUT2D eigenvalue weighted by molar-refractivity contribution is -0.136. The molecule has 1 aromatic heterocycles. The molecule has 146 valence electrons. The first-order chi connectivity index (χ1) is 13.3. The molecule has 0 aliphatic carbocycles. The van der Waals surface area contributed by atoms with Crippen LogP contribution in [0.1, 0.15) is 45.3 Å². The molecule has 0 saturated heterocycles. The number of benzene rings is 1. The number of aryl methyl sites for hydroxylation is 2. The Balaban J connectivity index is 2.06. The van der Waals surface area contributed by atoms with Crippen LogP contribution in [0.4, 0.5) is 0 Å². The summed E-state index contributed by atoms with van der Waals surface area (Å²) in [7, 11) is 1.68. The second-order valence-electron chi connectivity index (χ2n) is 6.29. The van der Waals surface area contributed by atoms with Crippen LogP contribution < -0.4 is 0 Å². The smallest absolute Gasteiger partial charge is 0.346 e. The number of hydrogen-bond acceptors (Lipinski definition) is 8. The molecule has 28 heavy (non-hydrogen) atoms. The highest BCUT2D eigenvalue weighted by atomic mass is 32.1. The molecule has 0 unspecified atom stereocenters. The first kappa shape index (κ1) is 19.8. The van der Waals surface area contributed by atoms with Crippen LogP contribution >= 0.6 is 11.3 Å². The Labute approximate surface area is 167 Å². The molecule has 2 heterocycles. The third-order valence-corrected chi connectivity index (χ3v) is 5.33. The summed E-state index contributed by atoms with van der Waals surface area (Å²) >= 11 is 1.14. The molecule has 0 amide bonds. The fraction of sp³-hybridized carbons (Fsp3) is 0.300. The molecule has 7 nitrogen and oxygen atoms in total. The predicted molar refractivity (Wildman–Crippen MR) is 107 cm³/mol. The largest absolute Gasteiger partial charge is 0.462 e. The molecule has 1 aromatic carbocycles. The number of thiazole rings is 1. The van der Waals surface area contributed by atoms with Gasteiger partial charge in [-0.1, -0.05) is 17.7 Å². The van der Waals surface area contributed by atoms with Gasteiger partial charge in [0, 0.05) is 19.5 Å². The van der Waals surface area contributed by atoms with Gasteiger partial charge in [-0.3, -0.25) is 4.79 Å². The summed E-state index contributed by atoms with van der Waals surface area (Å²) in [5.74, 6) is -0.0856. The van der Waals surface area contributed by atoms with Gasteiger partial charge in [0.2, 0.25) is 11.8 Å². The lowest BCUT2D eigenvalue weighted by Gasteiger charge is -2.12. The molecular formula is C20H21N3O4S. The molecule has 0 N–H and O–H groups in total. The molecule has 0 saturated carbocycles. The minimum atomic E-state index is -0.575. The number of ketones is 1. The SMILES string of the molecule is CCOC(=O)/C(=C1\OC(c2ccc(C)cc2)=NN1C)c1nc(C)c(C(C)=O)s1. The van der Waals surface area contributed by atoms with Crippen LogP contribution in [-0.2, 0) is 14.3 Å². The monoisotopic (exact) mass is 399 g/mol. The van der Waals surface area contributed by atoms with Crippen molar-refractivity contribution in [2.24, 2.45) is 5.10 Å². The van der Waals surface area contributed by atoms with Gasteiger partial charge in [-0.25, -0.2) is 14.8 Å². The summed E-state index contributed by atoms with van der Waals surface area (Å²) in [6, 6.07) is 7.71. The first-order valence-electron chi connectivity index (χ1n) is 8.79. The zero-order valence-electron chi connectivity index (χ0n) is 16.4. The summed E-state index contributed by atoms with van der Waals surface area (Å²) in [4.78, 5) is 29.4. The molecule has 3 rings (SSSR count). The van der Waals surface area contributed by atoms with E-state index in [9.17, 15) is 9.59 Å². The number of nitrogens with zero attached hydrogens (tertiary/aromatic N) is 3. The van der Waals surface area contributed by atoms with Crippen LogP contribution in [-0.4, -0.2) is 41.3 Å². The van der Waals surface area contributed by atoms with Crippen LogP contribution in [0, 0.1) is 13.8 Å². The van der Waals surface area contributed by atoms with E-state index in [1.54, 1.807) is 20.9 Å². The molecule has 0 radical (unpaired) electrons. The molecule has 2 aromatic rings. The average molecular weight is 399 g/mol. The Morgan fingerprint density at radius 2 is 1.89 bits per heavy atom. The average Bonchev–Trinajstić information content (AvgIpc) is 3.20. The van der Waals surface area contributed by atoms with Crippen molar-refractivity contribution in [3.05, 3.63) is 56.9 Å². The van der Waals surface area contributed by atoms with Crippen molar-refractivity contribution >= 4 is 34.6 Å². The third kappa shape index (κ3) is 3.82. The van der Waals surface area contributed by atoms with Crippen LogP contribution in [0.3, 0.4) is 0 Å². The summed E-state index contributed by atoms with van der Waals surface area (Å²) in [6.45, 7) is 7.13. The number of hydrazone groups is 1. The number of ether oxygens (including phenoxy) is 2. The highest BCUT2D eigenvalue weighted by Gasteiger charge is 2.32. The summed E-state index contributed by atoms with van der Waals surface area (Å²) in [5.41, 5.74) is 2.62. The second-order valence-corrected chi connectivity index (χ2v) is 7.29. The highest BCUT2D eigenvalue weighted by Crippen LogP contribution is 2.32. The van der Waals surface area contributed by atoms with Crippen molar-refractivity contribution in [2.45, 2.75) is 27.7 Å². The number of esters is 1. The molecule has 0 fully saturated rings. The maximum Gasteiger partial charge on any atom is 0.346 e. The molecule has 8 heteroatoms. The number of rotatable bonds is 5. The molecule has 0 spiro atoms. The van der Waals surface area contributed by atoms with E-state index in [0.29, 0.717) is 21.5 Å². The number of aromatic nitrogens is 1. The topological polar surface area (TPSA) is 81.1 Å². The van der Waals surface area contributed by atoms with Crippen molar-refractivity contribution in [3.63, 3.8) is 0 Å². The van der Waals surface area contributed by atoms with Gasteiger partial charge in [-0.05, 0) is 32.9 Å². The third-order valence-electron chi connectivity index (χ3n) is 4.05. The first-order valence-corrected chi connectivity index (χ1v) is 9.60. The van der Waals surface area contributed by atoms with Crippen LogP contribution in [0.25, 0.3) is 5.57 Å². The Bertz CT molecular complexity index is 989. The van der Waals surface area contributed by atoms with Crippen molar-refractivity contribution in [1.29, 1.82) is 0 Å². The van der Waals surface area contributed by atoms with E-state index in [0.717, 1.165) is 22.5 Å². The van der Waals surface area contributed by atoms with E-state index in [2.05, 4.69) is 10.1 Å². The molecule has 0 bridgehead atoms. The Morgan fingerprint density at radius 3 is 2.46 bits per heavy atom. The van der Waals surface area contributed by atoms with Crippen molar-refractivity contribution < 1.29 is 19.1 Å². The van der Waals surface area contributed by atoms with Gasteiger partial charge in [0.15, 0.2) is 11.4 Å². The summed E-state index contributed by atoms with van der Waals surface area (Å²) in [6.07, 6.45) is 0. The Kier molecular flexibility index (Phi) is 5.60. The zero-order chi connectivity index (χ0) is 20.4. The Morgan fingerprint density at radius 1 is 1.21 bits per heavy atom. The molecular weight excluding hydrogens is 378 g/mol.